The fourth-order valence-corrected chi connectivity index (χ4v) is 2.07. The second-order valence-corrected chi connectivity index (χ2v) is 4.45. The Labute approximate surface area is 103 Å². The second kappa shape index (κ2) is 4.96. The summed E-state index contributed by atoms with van der Waals surface area (Å²) in [5.41, 5.74) is 0.266. The van der Waals surface area contributed by atoms with Crippen LogP contribution in [-0.4, -0.2) is 29.0 Å². The van der Waals surface area contributed by atoms with E-state index in [9.17, 15) is 13.6 Å². The summed E-state index contributed by atoms with van der Waals surface area (Å²) >= 11 is 0. The average molecular weight is 256 g/mol. The molecule has 2 rings (SSSR count). The van der Waals surface area contributed by atoms with Gasteiger partial charge in [-0.3, -0.25) is 0 Å². The summed E-state index contributed by atoms with van der Waals surface area (Å²) in [6.07, 6.45) is 3.26. The quantitative estimate of drug-likeness (QED) is 0.763. The number of hydrogen-bond donors (Lipinski definition) is 0. The molecule has 18 heavy (non-hydrogen) atoms. The van der Waals surface area contributed by atoms with E-state index >= 15 is 0 Å². The second-order valence-electron chi connectivity index (χ2n) is 4.45. The van der Waals surface area contributed by atoms with Crippen molar-refractivity contribution in [2.75, 3.05) is 7.11 Å². The van der Waals surface area contributed by atoms with Crippen molar-refractivity contribution in [1.82, 2.24) is 9.97 Å². The Balaban J connectivity index is 2.04. The maximum atomic E-state index is 13.0. The highest BCUT2D eigenvalue weighted by Crippen LogP contribution is 2.39. The van der Waals surface area contributed by atoms with Crippen molar-refractivity contribution in [3.05, 3.63) is 23.8 Å². The minimum atomic E-state index is -2.55. The zero-order chi connectivity index (χ0) is 13.2. The van der Waals surface area contributed by atoms with Crippen LogP contribution >= 0.6 is 0 Å². The predicted octanol–water partition coefficient (Wildman–Crippen LogP) is 2.56. The van der Waals surface area contributed by atoms with Crippen LogP contribution in [0.4, 0.5) is 8.78 Å². The van der Waals surface area contributed by atoms with Crippen LogP contribution in [0.25, 0.3) is 0 Å². The van der Waals surface area contributed by atoms with E-state index in [1.807, 2.05) is 0 Å². The van der Waals surface area contributed by atoms with Crippen LogP contribution in [0, 0.1) is 0 Å². The zero-order valence-electron chi connectivity index (χ0n) is 10.0. The highest BCUT2D eigenvalue weighted by molar-refractivity contribution is 5.88. The molecule has 1 aromatic rings. The molecule has 0 aromatic carbocycles. The minimum Gasteiger partial charge on any atom is -0.465 e. The first-order chi connectivity index (χ1) is 8.52. The van der Waals surface area contributed by atoms with Crippen molar-refractivity contribution >= 4 is 5.97 Å². The van der Waals surface area contributed by atoms with Gasteiger partial charge < -0.3 is 4.74 Å². The van der Waals surface area contributed by atoms with Crippen LogP contribution in [0.15, 0.2) is 12.4 Å². The van der Waals surface area contributed by atoms with E-state index in [0.29, 0.717) is 18.7 Å². The first-order valence-electron chi connectivity index (χ1n) is 5.80. The Hall–Kier alpha value is -1.59. The molecule has 0 spiro atoms. The van der Waals surface area contributed by atoms with E-state index in [2.05, 4.69) is 14.7 Å². The molecule has 1 fully saturated rings. The Bertz CT molecular complexity index is 424. The number of aromatic nitrogens is 2. The third-order valence-electron chi connectivity index (χ3n) is 3.18. The molecule has 98 valence electrons. The number of halogens is 2. The van der Waals surface area contributed by atoms with Crippen LogP contribution in [0.5, 0.6) is 0 Å². The molecule has 1 aliphatic rings. The van der Waals surface area contributed by atoms with Crippen LogP contribution in [0.3, 0.4) is 0 Å². The normalized spacial score (nSPS) is 19.5. The lowest BCUT2D eigenvalue weighted by Crippen LogP contribution is -2.24. The average Bonchev–Trinajstić information content (AvgIpc) is 2.38. The summed E-state index contributed by atoms with van der Waals surface area (Å²) in [5, 5.41) is 0. The predicted molar refractivity (Wildman–Crippen MR) is 59.5 cm³/mol. The standard InChI is InChI=1S/C12H14F2N2O2/c1-18-11(17)9-6-15-10(16-7-9)8-2-4-12(13,14)5-3-8/h6-8H,2-5H2,1H3. The smallest absolute Gasteiger partial charge is 0.341 e. The molecule has 0 N–H and O–H groups in total. The molecule has 1 heterocycles. The third kappa shape index (κ3) is 2.80. The molecule has 1 saturated carbocycles. The van der Waals surface area contributed by atoms with Crippen molar-refractivity contribution in [3.63, 3.8) is 0 Å². The Morgan fingerprint density at radius 3 is 2.39 bits per heavy atom. The summed E-state index contributed by atoms with van der Waals surface area (Å²) in [6, 6.07) is 0. The van der Waals surface area contributed by atoms with Crippen LogP contribution in [-0.2, 0) is 4.74 Å². The number of rotatable bonds is 2. The molecule has 4 nitrogen and oxygen atoms in total. The van der Waals surface area contributed by atoms with Gasteiger partial charge >= 0.3 is 5.97 Å². The van der Waals surface area contributed by atoms with Gasteiger partial charge in [-0.15, -0.1) is 0 Å². The monoisotopic (exact) mass is 256 g/mol. The van der Waals surface area contributed by atoms with Crippen molar-refractivity contribution in [1.29, 1.82) is 0 Å². The molecule has 1 aromatic heterocycles. The molecule has 0 atom stereocenters. The SMILES string of the molecule is COC(=O)c1cnc(C2CCC(F)(F)CC2)nc1. The number of methoxy groups -OCH3 is 1. The number of hydrogen-bond acceptors (Lipinski definition) is 4. The van der Waals surface area contributed by atoms with Gasteiger partial charge in [0.2, 0.25) is 5.92 Å². The van der Waals surface area contributed by atoms with Gasteiger partial charge in [0.15, 0.2) is 0 Å². The Morgan fingerprint density at radius 1 is 1.33 bits per heavy atom. The number of alkyl halides is 2. The summed E-state index contributed by atoms with van der Waals surface area (Å²) < 4.78 is 30.5. The first kappa shape index (κ1) is 12.9. The van der Waals surface area contributed by atoms with Gasteiger partial charge in [-0.05, 0) is 12.8 Å². The van der Waals surface area contributed by atoms with Gasteiger partial charge in [0, 0.05) is 31.2 Å². The Morgan fingerprint density at radius 2 is 1.89 bits per heavy atom. The number of ether oxygens (including phenoxy) is 1. The molecule has 6 heteroatoms. The Kier molecular flexibility index (Phi) is 3.54. The lowest BCUT2D eigenvalue weighted by molar-refractivity contribution is -0.0387. The largest absolute Gasteiger partial charge is 0.465 e. The van der Waals surface area contributed by atoms with E-state index < -0.39 is 11.9 Å². The van der Waals surface area contributed by atoms with Crippen LogP contribution in [0.1, 0.15) is 47.8 Å². The number of nitrogens with zero attached hydrogens (tertiary/aromatic N) is 2. The number of carbonyl (C=O) groups excluding carboxylic acids is 1. The lowest BCUT2D eigenvalue weighted by Gasteiger charge is -2.27. The van der Waals surface area contributed by atoms with Gasteiger partial charge in [-0.25, -0.2) is 23.5 Å². The molecule has 0 radical (unpaired) electrons. The minimum absolute atomic E-state index is 0.0451. The van der Waals surface area contributed by atoms with E-state index in [1.54, 1.807) is 0 Å². The van der Waals surface area contributed by atoms with Crippen LogP contribution in [0.2, 0.25) is 0 Å². The maximum absolute atomic E-state index is 13.0. The molecular formula is C12H14F2N2O2. The van der Waals surface area contributed by atoms with E-state index in [4.69, 9.17) is 0 Å². The van der Waals surface area contributed by atoms with Crippen molar-refractivity contribution in [2.45, 2.75) is 37.5 Å². The molecular weight excluding hydrogens is 242 g/mol. The molecule has 0 unspecified atom stereocenters. The summed E-state index contributed by atoms with van der Waals surface area (Å²) in [5.74, 6) is -2.58. The highest BCUT2D eigenvalue weighted by Gasteiger charge is 2.36. The summed E-state index contributed by atoms with van der Waals surface area (Å²) in [7, 11) is 1.28. The van der Waals surface area contributed by atoms with Gasteiger partial charge in [0.1, 0.15) is 5.82 Å². The number of carbonyl (C=O) groups is 1. The van der Waals surface area contributed by atoms with Crippen LogP contribution < -0.4 is 0 Å². The van der Waals surface area contributed by atoms with E-state index in [-0.39, 0.29) is 24.3 Å². The fraction of sp³-hybridized carbons (Fsp3) is 0.583. The fourth-order valence-electron chi connectivity index (χ4n) is 2.07. The molecule has 0 bridgehead atoms. The maximum Gasteiger partial charge on any atom is 0.341 e. The molecule has 0 amide bonds. The summed E-state index contributed by atoms with van der Waals surface area (Å²) in [4.78, 5) is 19.3. The highest BCUT2D eigenvalue weighted by atomic mass is 19.3. The van der Waals surface area contributed by atoms with Gasteiger partial charge in [0.25, 0.3) is 0 Å². The van der Waals surface area contributed by atoms with Crippen molar-refractivity contribution in [2.24, 2.45) is 0 Å². The molecule has 0 aliphatic heterocycles. The van der Waals surface area contributed by atoms with E-state index in [0.717, 1.165) is 0 Å². The summed E-state index contributed by atoms with van der Waals surface area (Å²) in [6.45, 7) is 0. The first-order valence-corrected chi connectivity index (χ1v) is 5.80. The van der Waals surface area contributed by atoms with Gasteiger partial charge in [0.05, 0.1) is 12.7 Å². The topological polar surface area (TPSA) is 52.1 Å². The molecule has 1 aliphatic carbocycles. The zero-order valence-corrected chi connectivity index (χ0v) is 10.0. The molecule has 0 saturated heterocycles. The van der Waals surface area contributed by atoms with Crippen molar-refractivity contribution < 1.29 is 18.3 Å². The third-order valence-corrected chi connectivity index (χ3v) is 3.18. The lowest BCUT2D eigenvalue weighted by atomic mass is 9.86. The van der Waals surface area contributed by atoms with Gasteiger partial charge in [-0.2, -0.15) is 0 Å². The van der Waals surface area contributed by atoms with Gasteiger partial charge in [-0.1, -0.05) is 0 Å². The van der Waals surface area contributed by atoms with E-state index in [1.165, 1.54) is 19.5 Å². The number of esters is 1. The van der Waals surface area contributed by atoms with Crippen molar-refractivity contribution in [3.8, 4) is 0 Å².